The molecule has 0 bridgehead atoms. The smallest absolute Gasteiger partial charge is 0.369 e. The van der Waals surface area contributed by atoms with Crippen LogP contribution >= 0.6 is 0 Å². The molecule has 0 aromatic heterocycles. The molecule has 2 amide bonds. The van der Waals surface area contributed by atoms with Crippen LogP contribution in [0.15, 0.2) is 47.4 Å². The van der Waals surface area contributed by atoms with Gasteiger partial charge in [0.05, 0.1) is 4.90 Å². The number of halogens is 6. The Morgan fingerprint density at radius 2 is 1.60 bits per heavy atom. The van der Waals surface area contributed by atoms with E-state index in [1.807, 2.05) is 0 Å². The minimum absolute atomic E-state index is 0.0396. The fraction of sp³-hybridized carbons (Fsp3) is 0.440. The molecule has 4 rings (SSSR count). The summed E-state index contributed by atoms with van der Waals surface area (Å²) in [6.45, 7) is -0.135. The Bertz CT molecular complexity index is 1420. The molecular formula is C25H24F6N2O6S. The number of hydrogen-bond acceptors (Lipinski definition) is 6. The van der Waals surface area contributed by atoms with Gasteiger partial charge in [-0.1, -0.05) is 18.2 Å². The summed E-state index contributed by atoms with van der Waals surface area (Å²) in [6, 6.07) is 4.96. The van der Waals surface area contributed by atoms with E-state index in [4.69, 9.17) is 4.74 Å². The Kier molecular flexibility index (Phi) is 7.25. The van der Waals surface area contributed by atoms with E-state index >= 15 is 0 Å². The van der Waals surface area contributed by atoms with Crippen molar-refractivity contribution in [2.75, 3.05) is 18.7 Å². The number of methoxy groups -OCH3 is 1. The molecule has 2 aromatic rings. The van der Waals surface area contributed by atoms with Gasteiger partial charge in [-0.25, -0.2) is 8.42 Å². The quantitative estimate of drug-likeness (QED) is 0.490. The fourth-order valence-corrected chi connectivity index (χ4v) is 5.56. The van der Waals surface area contributed by atoms with Crippen LogP contribution in [0.4, 0.5) is 32.0 Å². The predicted octanol–water partition coefficient (Wildman–Crippen LogP) is 3.99. The number of ether oxygens (including phenoxy) is 1. The van der Waals surface area contributed by atoms with Crippen molar-refractivity contribution < 1.29 is 54.2 Å². The van der Waals surface area contributed by atoms with Crippen molar-refractivity contribution in [3.8, 4) is 0 Å². The third-order valence-electron chi connectivity index (χ3n) is 7.33. The molecule has 0 spiro atoms. The molecule has 1 aliphatic heterocycles. The van der Waals surface area contributed by atoms with E-state index in [0.717, 1.165) is 18.4 Å². The van der Waals surface area contributed by atoms with Gasteiger partial charge in [-0.05, 0) is 54.7 Å². The lowest BCUT2D eigenvalue weighted by molar-refractivity contribution is -0.376. The van der Waals surface area contributed by atoms with Gasteiger partial charge in [-0.15, -0.1) is 0 Å². The number of carbonyl (C=O) groups is 2. The van der Waals surface area contributed by atoms with E-state index < -0.39 is 56.8 Å². The zero-order valence-electron chi connectivity index (χ0n) is 21.1. The van der Waals surface area contributed by atoms with E-state index in [2.05, 4.69) is 5.32 Å². The number of anilines is 1. The van der Waals surface area contributed by atoms with Gasteiger partial charge in [-0.3, -0.25) is 9.59 Å². The monoisotopic (exact) mass is 594 g/mol. The highest BCUT2D eigenvalue weighted by Crippen LogP contribution is 2.50. The van der Waals surface area contributed by atoms with E-state index in [-0.39, 0.29) is 17.1 Å². The molecule has 0 saturated heterocycles. The summed E-state index contributed by atoms with van der Waals surface area (Å²) < 4.78 is 109. The molecule has 8 nitrogen and oxygen atoms in total. The number of nitrogens with one attached hydrogen (secondary N) is 1. The van der Waals surface area contributed by atoms with Crippen molar-refractivity contribution in [2.24, 2.45) is 0 Å². The van der Waals surface area contributed by atoms with Crippen LogP contribution in [-0.2, 0) is 36.3 Å². The molecule has 0 radical (unpaired) electrons. The van der Waals surface area contributed by atoms with E-state index in [0.29, 0.717) is 42.5 Å². The van der Waals surface area contributed by atoms with E-state index in [1.165, 1.54) is 30.2 Å². The van der Waals surface area contributed by atoms with Crippen molar-refractivity contribution in [1.82, 2.24) is 4.90 Å². The van der Waals surface area contributed by atoms with Crippen LogP contribution in [0.3, 0.4) is 0 Å². The number of benzene rings is 2. The van der Waals surface area contributed by atoms with Gasteiger partial charge in [0.2, 0.25) is 0 Å². The summed E-state index contributed by atoms with van der Waals surface area (Å²) in [4.78, 5) is 28.1. The number of sulfone groups is 1. The maximum atomic E-state index is 13.5. The van der Waals surface area contributed by atoms with Crippen molar-refractivity contribution in [3.63, 3.8) is 0 Å². The normalized spacial score (nSPS) is 19.1. The molecule has 15 heteroatoms. The third kappa shape index (κ3) is 4.83. The average molecular weight is 595 g/mol. The summed E-state index contributed by atoms with van der Waals surface area (Å²) >= 11 is 0. The van der Waals surface area contributed by atoms with Crippen LogP contribution in [0.1, 0.15) is 42.0 Å². The SMILES string of the molecule is COC1(C(=O)N2Cc3cc(S(C)(=O)=O)ccc3C2C(=O)Nc2ccc(C(O)(C(F)(F)F)C(F)(F)F)cc2)CCC1. The van der Waals surface area contributed by atoms with Gasteiger partial charge >= 0.3 is 12.4 Å². The first-order chi connectivity index (χ1) is 18.4. The minimum Gasteiger partial charge on any atom is -0.369 e. The lowest BCUT2D eigenvalue weighted by Gasteiger charge is -2.42. The Labute approximate surface area is 224 Å². The topological polar surface area (TPSA) is 113 Å². The van der Waals surface area contributed by atoms with Crippen LogP contribution < -0.4 is 5.32 Å². The van der Waals surface area contributed by atoms with E-state index in [9.17, 15) is 49.5 Å². The molecule has 1 atom stereocenters. The van der Waals surface area contributed by atoms with E-state index in [1.54, 1.807) is 0 Å². The highest BCUT2D eigenvalue weighted by molar-refractivity contribution is 7.90. The molecule has 40 heavy (non-hydrogen) atoms. The van der Waals surface area contributed by atoms with Gasteiger partial charge in [0, 0.05) is 31.2 Å². The first-order valence-corrected chi connectivity index (χ1v) is 13.7. The van der Waals surface area contributed by atoms with Crippen molar-refractivity contribution in [1.29, 1.82) is 0 Å². The van der Waals surface area contributed by atoms with Crippen LogP contribution in [0.25, 0.3) is 0 Å². The Hall–Kier alpha value is -3.17. The molecule has 1 aliphatic carbocycles. The number of hydrogen-bond donors (Lipinski definition) is 2. The highest BCUT2D eigenvalue weighted by Gasteiger charge is 2.71. The summed E-state index contributed by atoms with van der Waals surface area (Å²) in [7, 11) is -2.27. The summed E-state index contributed by atoms with van der Waals surface area (Å²) in [5.41, 5.74) is -7.36. The number of amides is 2. The second kappa shape index (κ2) is 9.73. The van der Waals surface area contributed by atoms with Gasteiger partial charge < -0.3 is 20.1 Å². The Balaban J connectivity index is 1.67. The Morgan fingerprint density at radius 3 is 2.05 bits per heavy atom. The lowest BCUT2D eigenvalue weighted by atomic mass is 9.78. The van der Waals surface area contributed by atoms with Crippen molar-refractivity contribution >= 4 is 27.3 Å². The van der Waals surface area contributed by atoms with Gasteiger partial charge in [0.1, 0.15) is 11.6 Å². The predicted molar refractivity (Wildman–Crippen MR) is 128 cm³/mol. The molecule has 1 saturated carbocycles. The van der Waals surface area contributed by atoms with Crippen LogP contribution in [0.5, 0.6) is 0 Å². The largest absolute Gasteiger partial charge is 0.430 e. The standard InChI is InChI=1S/C25H24F6N2O6S/c1-39-22(10-3-11-22)21(35)33-13-14-12-17(40(2,37)38)8-9-18(14)19(33)20(34)32-16-6-4-15(5-7-16)23(36,24(26,27)28)25(29,30)31/h4-9,12,19,36H,3,10-11,13H2,1-2H3,(H,32,34). The number of aliphatic hydroxyl groups is 1. The first-order valence-electron chi connectivity index (χ1n) is 11.8. The molecule has 1 fully saturated rings. The maximum Gasteiger partial charge on any atom is 0.430 e. The summed E-state index contributed by atoms with van der Waals surface area (Å²) in [5, 5.41) is 12.0. The average Bonchev–Trinajstić information content (AvgIpc) is 3.20. The molecule has 2 N–H and O–H groups in total. The van der Waals surface area contributed by atoms with Gasteiger partial charge in [0.15, 0.2) is 9.84 Å². The molecule has 1 heterocycles. The van der Waals surface area contributed by atoms with Crippen LogP contribution in [-0.4, -0.2) is 61.6 Å². The number of alkyl halides is 6. The third-order valence-corrected chi connectivity index (χ3v) is 8.44. The molecule has 2 aromatic carbocycles. The minimum atomic E-state index is -6.08. The first kappa shape index (κ1) is 29.8. The van der Waals surface area contributed by atoms with Crippen molar-refractivity contribution in [3.05, 3.63) is 59.2 Å². The Morgan fingerprint density at radius 1 is 1.02 bits per heavy atom. The second-order valence-corrected chi connectivity index (χ2v) is 11.8. The molecule has 2 aliphatic rings. The van der Waals surface area contributed by atoms with Crippen molar-refractivity contribution in [2.45, 2.75) is 60.3 Å². The van der Waals surface area contributed by atoms with Gasteiger partial charge in [-0.2, -0.15) is 26.3 Å². The lowest BCUT2D eigenvalue weighted by Crippen LogP contribution is -2.55. The van der Waals surface area contributed by atoms with Crippen LogP contribution in [0, 0.1) is 0 Å². The van der Waals surface area contributed by atoms with Gasteiger partial charge in [0.25, 0.3) is 17.4 Å². The summed E-state index contributed by atoms with van der Waals surface area (Å²) in [6.07, 6.45) is -9.68. The maximum absolute atomic E-state index is 13.5. The number of rotatable bonds is 6. The molecular weight excluding hydrogens is 570 g/mol. The highest BCUT2D eigenvalue weighted by atomic mass is 32.2. The number of nitrogens with zero attached hydrogens (tertiary/aromatic N) is 1. The number of carbonyl (C=O) groups excluding carboxylic acids is 2. The molecule has 1 unspecified atom stereocenters. The fourth-order valence-electron chi connectivity index (χ4n) is 4.89. The zero-order chi connectivity index (χ0) is 29.9. The van der Waals surface area contributed by atoms with Crippen LogP contribution in [0.2, 0.25) is 0 Å². The zero-order valence-corrected chi connectivity index (χ0v) is 21.9. The molecule has 218 valence electrons. The second-order valence-electron chi connectivity index (χ2n) is 9.79. The number of fused-ring (bicyclic) bond motifs is 1. The summed E-state index contributed by atoms with van der Waals surface area (Å²) in [5.74, 6) is -1.37.